The lowest BCUT2D eigenvalue weighted by Gasteiger charge is -2.23. The van der Waals surface area contributed by atoms with Crippen LogP contribution in [0.3, 0.4) is 0 Å². The third kappa shape index (κ3) is 9.62. The first-order valence-electron chi connectivity index (χ1n) is 11.3. The van der Waals surface area contributed by atoms with Gasteiger partial charge < -0.3 is 14.8 Å². The molecule has 0 aromatic heterocycles. The quantitative estimate of drug-likeness (QED) is 0.149. The number of nitro benzene ring substituents is 1. The Hall–Kier alpha value is -3.51. The summed E-state index contributed by atoms with van der Waals surface area (Å²) in [6, 6.07) is 10.3. The van der Waals surface area contributed by atoms with Gasteiger partial charge in [0.15, 0.2) is 0 Å². The molecule has 0 radical (unpaired) electrons. The molecule has 0 unspecified atom stereocenters. The second-order valence-electron chi connectivity index (χ2n) is 9.08. The largest absolute Gasteiger partial charge is 0.444 e. The van der Waals surface area contributed by atoms with E-state index in [1.807, 2.05) is 6.92 Å². The highest BCUT2D eigenvalue weighted by atomic mass is 32.2. The van der Waals surface area contributed by atoms with Gasteiger partial charge in [0.25, 0.3) is 5.69 Å². The zero-order valence-electron chi connectivity index (χ0n) is 20.6. The van der Waals surface area contributed by atoms with Crippen molar-refractivity contribution in [3.63, 3.8) is 0 Å². The van der Waals surface area contributed by atoms with Gasteiger partial charge >= 0.3 is 12.1 Å². The van der Waals surface area contributed by atoms with Gasteiger partial charge in [-0.1, -0.05) is 17.7 Å². The van der Waals surface area contributed by atoms with E-state index in [2.05, 4.69) is 10.0 Å². The van der Waals surface area contributed by atoms with Crippen molar-refractivity contribution < 1.29 is 32.4 Å². The monoisotopic (exact) mass is 521 g/mol. The molecule has 0 bridgehead atoms. The molecule has 36 heavy (non-hydrogen) atoms. The molecule has 1 atom stereocenters. The van der Waals surface area contributed by atoms with Crippen LogP contribution in [0.4, 0.5) is 10.5 Å². The lowest BCUT2D eigenvalue weighted by molar-refractivity contribution is -0.384. The number of rotatable bonds is 11. The fourth-order valence-electron chi connectivity index (χ4n) is 3.00. The third-order valence-electron chi connectivity index (χ3n) is 4.78. The number of benzene rings is 2. The predicted octanol–water partition coefficient (Wildman–Crippen LogP) is 3.85. The number of aryl methyl sites for hydroxylation is 1. The molecule has 1 amide bonds. The Bertz CT molecular complexity index is 1160. The highest BCUT2D eigenvalue weighted by molar-refractivity contribution is 7.89. The number of nitrogens with zero attached hydrogens (tertiary/aromatic N) is 1. The van der Waals surface area contributed by atoms with E-state index >= 15 is 0 Å². The Morgan fingerprint density at radius 3 is 2.19 bits per heavy atom. The van der Waals surface area contributed by atoms with Gasteiger partial charge in [0.2, 0.25) is 10.0 Å². The second-order valence-corrected chi connectivity index (χ2v) is 10.8. The molecule has 0 fully saturated rings. The van der Waals surface area contributed by atoms with Crippen LogP contribution in [0.15, 0.2) is 53.4 Å². The van der Waals surface area contributed by atoms with Crippen LogP contribution < -0.4 is 14.8 Å². The van der Waals surface area contributed by atoms with Gasteiger partial charge in [0, 0.05) is 18.7 Å². The van der Waals surface area contributed by atoms with Gasteiger partial charge in [0.1, 0.15) is 17.4 Å². The number of nitrogens with one attached hydrogen (secondary N) is 2. The van der Waals surface area contributed by atoms with E-state index in [0.29, 0.717) is 12.8 Å². The molecule has 2 rings (SSSR count). The van der Waals surface area contributed by atoms with Crippen LogP contribution in [-0.4, -0.2) is 43.6 Å². The molecular formula is C24H31N3O8S. The van der Waals surface area contributed by atoms with Gasteiger partial charge in [0.05, 0.1) is 9.82 Å². The first kappa shape index (κ1) is 28.7. The zero-order chi connectivity index (χ0) is 26.9. The number of ether oxygens (including phenoxy) is 2. The highest BCUT2D eigenvalue weighted by Gasteiger charge is 2.26. The van der Waals surface area contributed by atoms with Crippen LogP contribution in [-0.2, 0) is 19.6 Å². The Morgan fingerprint density at radius 2 is 1.64 bits per heavy atom. The first-order chi connectivity index (χ1) is 16.8. The van der Waals surface area contributed by atoms with Crippen molar-refractivity contribution in [2.24, 2.45) is 0 Å². The van der Waals surface area contributed by atoms with Gasteiger partial charge in [-0.25, -0.2) is 22.7 Å². The number of unbranched alkanes of at least 4 members (excludes halogenated alkanes) is 1. The number of alkyl carbamates (subject to hydrolysis) is 1. The van der Waals surface area contributed by atoms with Gasteiger partial charge in [-0.05, 0) is 71.2 Å². The summed E-state index contributed by atoms with van der Waals surface area (Å²) < 4.78 is 37.8. The van der Waals surface area contributed by atoms with Crippen molar-refractivity contribution in [3.05, 3.63) is 64.2 Å². The number of amides is 1. The van der Waals surface area contributed by atoms with E-state index in [9.17, 15) is 28.1 Å². The zero-order valence-corrected chi connectivity index (χ0v) is 21.5. The predicted molar refractivity (Wildman–Crippen MR) is 132 cm³/mol. The molecule has 0 spiro atoms. The molecule has 11 nitrogen and oxygen atoms in total. The van der Waals surface area contributed by atoms with Crippen molar-refractivity contribution in [1.82, 2.24) is 10.0 Å². The van der Waals surface area contributed by atoms with E-state index in [0.717, 1.165) is 5.56 Å². The topological polar surface area (TPSA) is 154 Å². The number of sulfonamides is 1. The molecule has 0 saturated carbocycles. The summed E-state index contributed by atoms with van der Waals surface area (Å²) in [6.07, 6.45) is 0.111. The standard InChI is InChI=1S/C24H31N3O8S/c1-17-8-14-20(15-9-17)36(32,33)25-16-6-5-7-21(26-23(29)35-24(2,3)4)22(28)34-19-12-10-18(11-13-19)27(30)31/h8-15,21,25H,5-7,16H2,1-4H3,(H,26,29)/t21-/m0/s1. The average Bonchev–Trinajstić information content (AvgIpc) is 2.77. The number of hydrogen-bond acceptors (Lipinski definition) is 8. The molecule has 0 aliphatic heterocycles. The maximum absolute atomic E-state index is 12.7. The molecule has 0 saturated heterocycles. The minimum atomic E-state index is -3.66. The summed E-state index contributed by atoms with van der Waals surface area (Å²) in [6.45, 7) is 7.02. The summed E-state index contributed by atoms with van der Waals surface area (Å²) in [4.78, 5) is 35.3. The number of carbonyl (C=O) groups excluding carboxylic acids is 2. The Balaban J connectivity index is 1.96. The molecule has 0 aliphatic carbocycles. The fraction of sp³-hybridized carbons (Fsp3) is 0.417. The Morgan fingerprint density at radius 1 is 1.03 bits per heavy atom. The van der Waals surface area contributed by atoms with E-state index in [1.54, 1.807) is 32.9 Å². The normalized spacial score (nSPS) is 12.4. The fourth-order valence-corrected chi connectivity index (χ4v) is 4.08. The van der Waals surface area contributed by atoms with Crippen molar-refractivity contribution >= 4 is 27.8 Å². The summed E-state index contributed by atoms with van der Waals surface area (Å²) in [7, 11) is -3.66. The number of hydrogen-bond donors (Lipinski definition) is 2. The number of esters is 1. The second kappa shape index (κ2) is 12.5. The summed E-state index contributed by atoms with van der Waals surface area (Å²) >= 11 is 0. The van der Waals surface area contributed by atoms with E-state index < -0.39 is 38.7 Å². The van der Waals surface area contributed by atoms with Crippen LogP contribution >= 0.6 is 0 Å². The molecule has 0 aliphatic rings. The lowest BCUT2D eigenvalue weighted by Crippen LogP contribution is -2.45. The van der Waals surface area contributed by atoms with Crippen LogP contribution in [0.5, 0.6) is 5.75 Å². The number of nitro groups is 1. The van der Waals surface area contributed by atoms with Gasteiger partial charge in [-0.3, -0.25) is 10.1 Å². The molecule has 2 aromatic rings. The van der Waals surface area contributed by atoms with Crippen LogP contribution in [0.2, 0.25) is 0 Å². The minimum absolute atomic E-state index is 0.0763. The van der Waals surface area contributed by atoms with Crippen molar-refractivity contribution in [2.45, 2.75) is 63.5 Å². The maximum atomic E-state index is 12.7. The molecule has 12 heteroatoms. The Labute approximate surface area is 210 Å². The highest BCUT2D eigenvalue weighted by Crippen LogP contribution is 2.19. The van der Waals surface area contributed by atoms with E-state index in [1.165, 1.54) is 36.4 Å². The molecular weight excluding hydrogens is 490 g/mol. The average molecular weight is 522 g/mol. The number of carbonyl (C=O) groups is 2. The summed E-state index contributed by atoms with van der Waals surface area (Å²) in [5, 5.41) is 13.3. The van der Waals surface area contributed by atoms with Gasteiger partial charge in [-0.2, -0.15) is 0 Å². The molecule has 2 N–H and O–H groups in total. The summed E-state index contributed by atoms with van der Waals surface area (Å²) in [5.74, 6) is -0.706. The third-order valence-corrected chi connectivity index (χ3v) is 6.26. The van der Waals surface area contributed by atoms with Crippen molar-refractivity contribution in [2.75, 3.05) is 6.54 Å². The first-order valence-corrected chi connectivity index (χ1v) is 12.8. The molecule has 196 valence electrons. The van der Waals surface area contributed by atoms with Crippen molar-refractivity contribution in [1.29, 1.82) is 0 Å². The Kier molecular flexibility index (Phi) is 9.93. The van der Waals surface area contributed by atoms with Crippen LogP contribution in [0.1, 0.15) is 45.6 Å². The molecule has 2 aromatic carbocycles. The SMILES string of the molecule is Cc1ccc(S(=O)(=O)NCCCC[C@H](NC(=O)OC(C)(C)C)C(=O)Oc2ccc([N+](=O)[O-])cc2)cc1. The van der Waals surface area contributed by atoms with Gasteiger partial charge in [-0.15, -0.1) is 0 Å². The summed E-state index contributed by atoms with van der Waals surface area (Å²) in [5.41, 5.74) is -0.00469. The molecule has 0 heterocycles. The smallest absolute Gasteiger partial charge is 0.408 e. The maximum Gasteiger partial charge on any atom is 0.408 e. The van der Waals surface area contributed by atoms with Crippen molar-refractivity contribution in [3.8, 4) is 5.75 Å². The minimum Gasteiger partial charge on any atom is -0.444 e. The van der Waals surface area contributed by atoms with E-state index in [-0.39, 0.29) is 29.3 Å². The van der Waals surface area contributed by atoms with Crippen LogP contribution in [0.25, 0.3) is 0 Å². The lowest BCUT2D eigenvalue weighted by atomic mass is 10.1. The van der Waals surface area contributed by atoms with Crippen LogP contribution in [0, 0.1) is 17.0 Å². The number of non-ortho nitro benzene ring substituents is 1. The van der Waals surface area contributed by atoms with E-state index in [4.69, 9.17) is 9.47 Å².